The fourth-order valence-corrected chi connectivity index (χ4v) is 10.00. The van der Waals surface area contributed by atoms with Crippen LogP contribution in [0.2, 0.25) is 0 Å². The molecular weight excluding hydrogens is 1040 g/mol. The van der Waals surface area contributed by atoms with E-state index in [0.717, 1.165) is 44.8 Å². The quantitative estimate of drug-likeness (QED) is 0.0314. The standard InChI is InChI=1S/C58H65F2N7O11S/c1-35-51(79-34-64-35)37-10-8-36(9-11-37)32-63-53(70)45-29-41(68)33-66(45)54(71)52(57(2,3)4)65-50(69)19-27-76-24-6-23-75-25-7-26-77-49-31-44-42(30-48(49)74-5)46(18-22-62-44)78-47-17-16-40(28-43(47)60)67(39-14-12-38(59)13-15-39)56(73)58(20-21-58)55(61)72/h8-18,22,28,30-31,34,41,45,52,68H,6-7,19-21,23-27,29,32-33H2,1-5H3,(H2,61,72)(H,63,70)(H,65,69)/t41-,45-,52+/m0/s1. The van der Waals surface area contributed by atoms with Crippen molar-refractivity contribution in [3.63, 3.8) is 0 Å². The van der Waals surface area contributed by atoms with E-state index in [9.17, 15) is 33.5 Å². The van der Waals surface area contributed by atoms with Gasteiger partial charge in [-0.3, -0.25) is 33.9 Å². The Balaban J connectivity index is 0.747. The van der Waals surface area contributed by atoms with Crippen molar-refractivity contribution in [2.24, 2.45) is 16.6 Å². The van der Waals surface area contributed by atoms with Crippen molar-refractivity contribution in [3.05, 3.63) is 120 Å². The van der Waals surface area contributed by atoms with Gasteiger partial charge in [0.15, 0.2) is 23.1 Å². The number of nitrogens with zero attached hydrogens (tertiary/aromatic N) is 4. The number of pyridine rings is 1. The van der Waals surface area contributed by atoms with Crippen molar-refractivity contribution in [2.45, 2.75) is 91.0 Å². The Bertz CT molecular complexity index is 3150. The van der Waals surface area contributed by atoms with E-state index < -0.39 is 58.4 Å². The van der Waals surface area contributed by atoms with Crippen LogP contribution in [0.25, 0.3) is 21.3 Å². The van der Waals surface area contributed by atoms with E-state index in [0.29, 0.717) is 55.1 Å². The van der Waals surface area contributed by atoms with Crippen LogP contribution < -0.4 is 35.5 Å². The van der Waals surface area contributed by atoms with Gasteiger partial charge in [-0.05, 0) is 91.3 Å². The summed E-state index contributed by atoms with van der Waals surface area (Å²) in [5.41, 5.74) is 8.93. The highest BCUT2D eigenvalue weighted by Crippen LogP contribution is 2.49. The average Bonchev–Trinajstić information content (AvgIpc) is 4.05. The molecule has 2 aliphatic rings. The lowest BCUT2D eigenvalue weighted by molar-refractivity contribution is -0.144. The number of benzene rings is 4. The molecule has 0 radical (unpaired) electrons. The molecule has 1 aliphatic heterocycles. The van der Waals surface area contributed by atoms with Gasteiger partial charge >= 0.3 is 0 Å². The number of carbonyl (C=O) groups is 5. The summed E-state index contributed by atoms with van der Waals surface area (Å²) in [6, 6.07) is 19.8. The van der Waals surface area contributed by atoms with Gasteiger partial charge in [-0.1, -0.05) is 45.0 Å². The number of aryl methyl sites for hydroxylation is 1. The number of carbonyl (C=O) groups excluding carboxylic acids is 5. The minimum absolute atomic E-state index is 0.00667. The van der Waals surface area contributed by atoms with Crippen LogP contribution in [0.15, 0.2) is 96.6 Å². The van der Waals surface area contributed by atoms with Gasteiger partial charge in [0.2, 0.25) is 29.5 Å². The summed E-state index contributed by atoms with van der Waals surface area (Å²) in [6.45, 7) is 9.20. The van der Waals surface area contributed by atoms with E-state index in [1.54, 1.807) is 35.0 Å². The minimum atomic E-state index is -1.43. The number of hydrogen-bond donors (Lipinski definition) is 4. The molecule has 0 unspecified atom stereocenters. The normalized spacial score (nSPS) is 16.0. The number of aliphatic hydroxyl groups excluding tert-OH is 1. The second-order valence-corrected chi connectivity index (χ2v) is 21.4. The number of aromatic nitrogens is 2. The van der Waals surface area contributed by atoms with Gasteiger partial charge in [-0.2, -0.15) is 0 Å². The number of halogens is 2. The summed E-state index contributed by atoms with van der Waals surface area (Å²) in [5.74, 6) is -3.09. The summed E-state index contributed by atoms with van der Waals surface area (Å²) in [6.07, 6.45) is 2.31. The first-order chi connectivity index (χ1) is 37.9. The third-order valence-electron chi connectivity index (χ3n) is 13.8. The fraction of sp³-hybridized carbons (Fsp3) is 0.397. The van der Waals surface area contributed by atoms with Gasteiger partial charge in [0.25, 0.3) is 0 Å². The van der Waals surface area contributed by atoms with Gasteiger partial charge in [0.05, 0.1) is 53.7 Å². The number of likely N-dealkylation sites (tertiary alicyclic amines) is 1. The van der Waals surface area contributed by atoms with E-state index in [-0.39, 0.29) is 86.7 Å². The first-order valence-electron chi connectivity index (χ1n) is 26.0. The van der Waals surface area contributed by atoms with Gasteiger partial charge in [-0.25, -0.2) is 13.8 Å². The zero-order valence-electron chi connectivity index (χ0n) is 44.7. The van der Waals surface area contributed by atoms with Crippen LogP contribution in [0.3, 0.4) is 0 Å². The number of nitrogens with two attached hydrogens (primary N) is 1. The van der Waals surface area contributed by atoms with Gasteiger partial charge in [0, 0.05) is 81.6 Å². The van der Waals surface area contributed by atoms with Gasteiger partial charge in [0.1, 0.15) is 29.1 Å². The SMILES string of the molecule is COc1cc2c(Oc3ccc(N(C(=O)C4(C(N)=O)CC4)c4ccc(F)cc4)cc3F)ccnc2cc1OCCCOCCCOCCC(=O)N[C@H](C(=O)N1C[C@@H](O)C[C@H]1C(=O)NCc1ccc(-c2scnc2C)cc1)C(C)(C)C. The maximum atomic E-state index is 15.9. The predicted octanol–water partition coefficient (Wildman–Crippen LogP) is 8.07. The van der Waals surface area contributed by atoms with E-state index in [1.807, 2.05) is 52.0 Å². The topological polar surface area (TPSA) is 234 Å². The van der Waals surface area contributed by atoms with Crippen molar-refractivity contribution in [1.82, 2.24) is 25.5 Å². The molecule has 4 aromatic carbocycles. The van der Waals surface area contributed by atoms with Crippen molar-refractivity contribution in [1.29, 1.82) is 0 Å². The largest absolute Gasteiger partial charge is 0.493 e. The number of β-amino-alcohol motifs (C(OH)–C–C–N with tert-alkyl or cyclic N) is 1. The molecule has 18 nitrogen and oxygen atoms in total. The van der Waals surface area contributed by atoms with Crippen molar-refractivity contribution in [2.75, 3.05) is 51.6 Å². The second-order valence-electron chi connectivity index (χ2n) is 20.6. The fourth-order valence-electron chi connectivity index (χ4n) is 9.19. The van der Waals surface area contributed by atoms with E-state index in [4.69, 9.17) is 29.4 Å². The summed E-state index contributed by atoms with van der Waals surface area (Å²) < 4.78 is 58.9. The lowest BCUT2D eigenvalue weighted by atomic mass is 9.85. The molecule has 8 rings (SSSR count). The van der Waals surface area contributed by atoms with Crippen LogP contribution in [0.5, 0.6) is 23.0 Å². The van der Waals surface area contributed by atoms with Crippen LogP contribution >= 0.6 is 11.3 Å². The van der Waals surface area contributed by atoms with Crippen LogP contribution in [-0.4, -0.2) is 114 Å². The number of thiazole rings is 1. The number of hydrogen-bond acceptors (Lipinski definition) is 14. The number of aliphatic hydroxyl groups is 1. The van der Waals surface area contributed by atoms with Crippen LogP contribution in [0.4, 0.5) is 20.2 Å². The molecule has 3 atom stereocenters. The molecule has 1 saturated carbocycles. The molecule has 418 valence electrons. The Morgan fingerprint density at radius 1 is 0.861 bits per heavy atom. The molecule has 0 spiro atoms. The molecule has 0 bridgehead atoms. The molecule has 3 heterocycles. The Morgan fingerprint density at radius 2 is 1.56 bits per heavy atom. The van der Waals surface area contributed by atoms with Crippen LogP contribution in [0.1, 0.15) is 70.6 Å². The molecule has 2 fully saturated rings. The molecule has 2 aromatic heterocycles. The lowest BCUT2D eigenvalue weighted by Crippen LogP contribution is -2.57. The van der Waals surface area contributed by atoms with Crippen LogP contribution in [-0.2, 0) is 40.0 Å². The average molecular weight is 1110 g/mol. The molecule has 5 amide bonds. The molecule has 1 aliphatic carbocycles. The van der Waals surface area contributed by atoms with Crippen LogP contribution in [0, 0.1) is 29.4 Å². The zero-order chi connectivity index (χ0) is 56.4. The zero-order valence-corrected chi connectivity index (χ0v) is 45.5. The smallest absolute Gasteiger partial charge is 0.247 e. The number of methoxy groups -OCH3 is 1. The summed E-state index contributed by atoms with van der Waals surface area (Å²) in [4.78, 5) is 79.0. The minimum Gasteiger partial charge on any atom is -0.493 e. The number of amides is 5. The number of ether oxygens (including phenoxy) is 5. The highest BCUT2D eigenvalue weighted by Gasteiger charge is 2.57. The van der Waals surface area contributed by atoms with Gasteiger partial charge < -0.3 is 50.1 Å². The number of nitrogens with one attached hydrogen (secondary N) is 2. The van der Waals surface area contributed by atoms with E-state index in [1.165, 1.54) is 42.5 Å². The molecule has 5 N–H and O–H groups in total. The van der Waals surface area contributed by atoms with Crippen molar-refractivity contribution >= 4 is 63.2 Å². The summed E-state index contributed by atoms with van der Waals surface area (Å²) in [7, 11) is 1.48. The highest BCUT2D eigenvalue weighted by atomic mass is 32.1. The number of fused-ring (bicyclic) bond motifs is 1. The second kappa shape index (κ2) is 25.5. The van der Waals surface area contributed by atoms with Crippen molar-refractivity contribution < 1.29 is 61.5 Å². The maximum absolute atomic E-state index is 15.9. The highest BCUT2D eigenvalue weighted by molar-refractivity contribution is 7.13. The Labute approximate surface area is 460 Å². The van der Waals surface area contributed by atoms with Crippen molar-refractivity contribution in [3.8, 4) is 33.4 Å². The molecule has 21 heteroatoms. The number of rotatable bonds is 25. The third kappa shape index (κ3) is 14.0. The monoisotopic (exact) mass is 1110 g/mol. The Morgan fingerprint density at radius 3 is 2.20 bits per heavy atom. The summed E-state index contributed by atoms with van der Waals surface area (Å²) >= 11 is 1.56. The van der Waals surface area contributed by atoms with E-state index in [2.05, 4.69) is 20.6 Å². The Hall–Kier alpha value is -7.59. The summed E-state index contributed by atoms with van der Waals surface area (Å²) in [5, 5.41) is 16.9. The Kier molecular flexibility index (Phi) is 18.6. The van der Waals surface area contributed by atoms with E-state index >= 15 is 4.39 Å². The van der Waals surface area contributed by atoms with Gasteiger partial charge in [-0.15, -0.1) is 11.3 Å². The first-order valence-corrected chi connectivity index (χ1v) is 26.9. The number of primary amides is 1. The molecule has 79 heavy (non-hydrogen) atoms. The third-order valence-corrected chi connectivity index (χ3v) is 14.7. The lowest BCUT2D eigenvalue weighted by Gasteiger charge is -2.35. The predicted molar refractivity (Wildman–Crippen MR) is 292 cm³/mol. The molecule has 6 aromatic rings. The molecule has 1 saturated heterocycles. The maximum Gasteiger partial charge on any atom is 0.247 e. The molecular formula is C58H65F2N7O11S. The first kappa shape index (κ1) is 57.6. The number of anilines is 2.